The summed E-state index contributed by atoms with van der Waals surface area (Å²) in [5, 5.41) is 11.5. The third kappa shape index (κ3) is 3.77. The van der Waals surface area contributed by atoms with Crippen molar-refractivity contribution in [2.45, 2.75) is 19.3 Å². The molecule has 0 atom stereocenters. The Hall–Kier alpha value is -6.64. The first kappa shape index (κ1) is 29.0. The lowest BCUT2D eigenvalue weighted by Crippen LogP contribution is -2.14. The molecule has 11 aromatic rings. The van der Waals surface area contributed by atoms with Crippen LogP contribution in [-0.4, -0.2) is 0 Å². The maximum Gasteiger partial charge on any atom is 0.144 e. The average molecular weight is 677 g/mol. The molecule has 2 heterocycles. The lowest BCUT2D eigenvalue weighted by Gasteiger charge is -2.22. The Bertz CT molecular complexity index is 3310. The molecule has 0 saturated carbocycles. The number of fused-ring (bicyclic) bond motifs is 13. The molecule has 9 aromatic carbocycles. The van der Waals surface area contributed by atoms with E-state index in [1.54, 1.807) is 0 Å². The van der Waals surface area contributed by atoms with Crippen LogP contribution in [0.15, 0.2) is 167 Å². The van der Waals surface area contributed by atoms with E-state index in [1.807, 2.05) is 6.07 Å². The lowest BCUT2D eigenvalue weighted by atomic mass is 9.81. The van der Waals surface area contributed by atoms with Gasteiger partial charge in [-0.3, -0.25) is 0 Å². The molecule has 0 unspecified atom stereocenters. The highest BCUT2D eigenvalue weighted by Gasteiger charge is 2.35. The van der Waals surface area contributed by atoms with Crippen LogP contribution in [0.25, 0.3) is 110 Å². The molecule has 1 aliphatic rings. The van der Waals surface area contributed by atoms with Gasteiger partial charge in [0.1, 0.15) is 22.3 Å². The normalized spacial score (nSPS) is 13.6. The molecule has 2 nitrogen and oxygen atoms in total. The summed E-state index contributed by atoms with van der Waals surface area (Å²) in [6, 6.07) is 57.4. The molecule has 2 aromatic heterocycles. The second kappa shape index (κ2) is 10.2. The van der Waals surface area contributed by atoms with Crippen molar-refractivity contribution in [2.75, 3.05) is 0 Å². The Morgan fingerprint density at radius 2 is 1.00 bits per heavy atom. The minimum Gasteiger partial charge on any atom is -0.456 e. The fraction of sp³-hybridized carbons (Fsp3) is 0.0588. The van der Waals surface area contributed by atoms with Gasteiger partial charge in [0.05, 0.1) is 0 Å². The van der Waals surface area contributed by atoms with Crippen molar-refractivity contribution in [3.05, 3.63) is 169 Å². The Labute approximate surface area is 305 Å². The minimum absolute atomic E-state index is 0.0478. The van der Waals surface area contributed by atoms with Crippen LogP contribution >= 0.6 is 0 Å². The van der Waals surface area contributed by atoms with Crippen LogP contribution in [0.2, 0.25) is 0 Å². The summed E-state index contributed by atoms with van der Waals surface area (Å²) in [5.41, 5.74) is 13.6. The summed E-state index contributed by atoms with van der Waals surface area (Å²) in [6.07, 6.45) is 0. The summed E-state index contributed by atoms with van der Waals surface area (Å²) in [7, 11) is 0. The van der Waals surface area contributed by atoms with Gasteiger partial charge in [0.25, 0.3) is 0 Å². The Kier molecular flexibility index (Phi) is 5.60. The first-order valence-corrected chi connectivity index (χ1v) is 18.4. The van der Waals surface area contributed by atoms with E-state index in [1.165, 1.54) is 65.7 Å². The third-order valence-corrected chi connectivity index (χ3v) is 12.0. The highest BCUT2D eigenvalue weighted by molar-refractivity contribution is 6.32. The molecule has 248 valence electrons. The monoisotopic (exact) mass is 676 g/mol. The number of para-hydroxylation sites is 1. The molecular weight excluding hydrogens is 645 g/mol. The predicted octanol–water partition coefficient (Wildman–Crippen LogP) is 14.6. The highest BCUT2D eigenvalue weighted by atomic mass is 16.3. The summed E-state index contributed by atoms with van der Waals surface area (Å²) >= 11 is 0. The van der Waals surface area contributed by atoms with Crippen LogP contribution in [0, 0.1) is 0 Å². The molecule has 0 amide bonds. The average Bonchev–Trinajstić information content (AvgIpc) is 3.84. The van der Waals surface area contributed by atoms with E-state index in [4.69, 9.17) is 8.83 Å². The summed E-state index contributed by atoms with van der Waals surface area (Å²) in [6.45, 7) is 4.69. The van der Waals surface area contributed by atoms with Gasteiger partial charge in [0, 0.05) is 38.1 Å². The van der Waals surface area contributed by atoms with Gasteiger partial charge in [-0.05, 0) is 90.0 Å². The summed E-state index contributed by atoms with van der Waals surface area (Å²) in [5.74, 6) is 0. The van der Waals surface area contributed by atoms with Crippen molar-refractivity contribution in [2.24, 2.45) is 0 Å². The molecule has 53 heavy (non-hydrogen) atoms. The Morgan fingerprint density at radius 3 is 1.77 bits per heavy atom. The third-order valence-electron chi connectivity index (χ3n) is 12.0. The molecule has 0 bridgehead atoms. The van der Waals surface area contributed by atoms with Crippen LogP contribution in [0.3, 0.4) is 0 Å². The molecule has 0 spiro atoms. The van der Waals surface area contributed by atoms with Crippen molar-refractivity contribution in [1.29, 1.82) is 0 Å². The van der Waals surface area contributed by atoms with Crippen molar-refractivity contribution in [3.8, 4) is 33.4 Å². The van der Waals surface area contributed by atoms with E-state index in [9.17, 15) is 0 Å². The van der Waals surface area contributed by atoms with Gasteiger partial charge in [0.2, 0.25) is 0 Å². The van der Waals surface area contributed by atoms with Gasteiger partial charge in [-0.1, -0.05) is 147 Å². The van der Waals surface area contributed by atoms with E-state index in [2.05, 4.69) is 166 Å². The Morgan fingerprint density at radius 1 is 0.377 bits per heavy atom. The fourth-order valence-corrected chi connectivity index (χ4v) is 9.71. The highest BCUT2D eigenvalue weighted by Crippen LogP contribution is 2.53. The number of rotatable bonds is 2. The zero-order valence-corrected chi connectivity index (χ0v) is 29.3. The predicted molar refractivity (Wildman–Crippen MR) is 222 cm³/mol. The molecule has 1 aliphatic carbocycles. The van der Waals surface area contributed by atoms with Crippen molar-refractivity contribution < 1.29 is 8.83 Å². The number of hydrogen-bond donors (Lipinski definition) is 0. The Balaban J connectivity index is 1.25. The first-order valence-electron chi connectivity index (χ1n) is 18.4. The van der Waals surface area contributed by atoms with E-state index >= 15 is 0 Å². The quantitative estimate of drug-likeness (QED) is 0.170. The van der Waals surface area contributed by atoms with Gasteiger partial charge < -0.3 is 8.83 Å². The molecule has 0 radical (unpaired) electrons. The van der Waals surface area contributed by atoms with E-state index in [-0.39, 0.29) is 5.41 Å². The maximum absolute atomic E-state index is 7.05. The number of hydrogen-bond acceptors (Lipinski definition) is 2. The lowest BCUT2D eigenvalue weighted by molar-refractivity contribution is 0.660. The zero-order chi connectivity index (χ0) is 35.0. The van der Waals surface area contributed by atoms with Gasteiger partial charge in [-0.25, -0.2) is 0 Å². The molecule has 0 fully saturated rings. The number of benzene rings is 9. The largest absolute Gasteiger partial charge is 0.456 e. The van der Waals surface area contributed by atoms with Gasteiger partial charge in [0.15, 0.2) is 0 Å². The topological polar surface area (TPSA) is 26.3 Å². The second-order valence-corrected chi connectivity index (χ2v) is 15.1. The van der Waals surface area contributed by atoms with Crippen LogP contribution < -0.4 is 0 Å². The zero-order valence-electron chi connectivity index (χ0n) is 29.3. The fourth-order valence-electron chi connectivity index (χ4n) is 9.71. The molecule has 2 heteroatoms. The minimum atomic E-state index is -0.0478. The molecule has 0 aliphatic heterocycles. The van der Waals surface area contributed by atoms with Crippen molar-refractivity contribution >= 4 is 76.2 Å². The molecule has 0 saturated heterocycles. The summed E-state index contributed by atoms with van der Waals surface area (Å²) in [4.78, 5) is 0. The maximum atomic E-state index is 7.05. The van der Waals surface area contributed by atoms with Crippen molar-refractivity contribution in [3.63, 3.8) is 0 Å². The van der Waals surface area contributed by atoms with Crippen LogP contribution in [0.4, 0.5) is 0 Å². The summed E-state index contributed by atoms with van der Waals surface area (Å²) < 4.78 is 13.8. The van der Waals surface area contributed by atoms with Gasteiger partial charge >= 0.3 is 0 Å². The number of furan rings is 2. The van der Waals surface area contributed by atoms with E-state index in [0.29, 0.717) is 0 Å². The van der Waals surface area contributed by atoms with Crippen molar-refractivity contribution in [1.82, 2.24) is 0 Å². The molecule has 0 N–H and O–H groups in total. The van der Waals surface area contributed by atoms with E-state index < -0.39 is 0 Å². The SMILES string of the molecule is CC1(C)c2ccccc2-c2cc(-c3c4ccccc4c(-c4c5oc6ccc7ccccc7c6c5cc5oc6ccccc6c45)c4ccccc34)ccc21. The standard InChI is InChI=1S/C51H32O2/c1-51(2)40-21-11-9-15-32(40)38-27-30(23-25-41(38)51)45-33-16-5-7-18-35(33)47(36-19-8-6-17-34(36)45)49-48-37-20-10-12-22-42(37)52-44(48)28-39-46-31-14-4-3-13-29(31)24-26-43(46)53-50(39)49/h3-28H,1-2H3. The molecule has 12 rings (SSSR count). The second-order valence-electron chi connectivity index (χ2n) is 15.1. The van der Waals surface area contributed by atoms with Crippen LogP contribution in [-0.2, 0) is 5.41 Å². The van der Waals surface area contributed by atoms with Crippen LogP contribution in [0.5, 0.6) is 0 Å². The first-order chi connectivity index (χ1) is 26.1. The van der Waals surface area contributed by atoms with E-state index in [0.717, 1.165) is 55.0 Å². The smallest absolute Gasteiger partial charge is 0.144 e. The molecular formula is C51H32O2. The van der Waals surface area contributed by atoms with Crippen LogP contribution in [0.1, 0.15) is 25.0 Å². The van der Waals surface area contributed by atoms with Gasteiger partial charge in [-0.15, -0.1) is 0 Å². The van der Waals surface area contributed by atoms with Gasteiger partial charge in [-0.2, -0.15) is 0 Å².